The number of nitrogens with one attached hydrogen (secondary N) is 1. The summed E-state index contributed by atoms with van der Waals surface area (Å²) < 4.78 is 34.1. The number of para-hydroxylation sites is 1. The average Bonchev–Trinajstić information content (AvgIpc) is 3.22. The van der Waals surface area contributed by atoms with Crippen LogP contribution in [0.3, 0.4) is 0 Å². The second kappa shape index (κ2) is 9.68. The lowest BCUT2D eigenvalue weighted by Crippen LogP contribution is -2.42. The number of hydrogen-bond acceptors (Lipinski definition) is 4. The second-order valence-electron chi connectivity index (χ2n) is 10.2. The molecule has 2 heterocycles. The highest BCUT2D eigenvalue weighted by Crippen LogP contribution is 2.36. The van der Waals surface area contributed by atoms with Crippen LogP contribution in [0, 0.1) is 0 Å². The summed E-state index contributed by atoms with van der Waals surface area (Å²) >= 11 is 0. The molecule has 1 aliphatic rings. The largest absolute Gasteiger partial charge is 0.378 e. The molecule has 37 heavy (non-hydrogen) atoms. The third-order valence-corrected chi connectivity index (χ3v) is 8.00. The van der Waals surface area contributed by atoms with Crippen LogP contribution in [0.25, 0.3) is 22.0 Å². The van der Waals surface area contributed by atoms with Crippen LogP contribution in [-0.4, -0.2) is 50.2 Å². The summed E-state index contributed by atoms with van der Waals surface area (Å²) in [6.07, 6.45) is 0. The minimum absolute atomic E-state index is 0.102. The molecule has 192 valence electrons. The van der Waals surface area contributed by atoms with E-state index in [9.17, 15) is 13.2 Å². The topological polar surface area (TPSA) is 80.6 Å². The fraction of sp³-hybridized carbons (Fsp3) is 0.276. The Bertz CT molecular complexity index is 1530. The summed E-state index contributed by atoms with van der Waals surface area (Å²) in [5.74, 6) is -0.246. The van der Waals surface area contributed by atoms with Gasteiger partial charge in [-0.25, -0.2) is 9.51 Å². The molecule has 0 atom stereocenters. The van der Waals surface area contributed by atoms with Gasteiger partial charge in [0.2, 0.25) is 0 Å². The van der Waals surface area contributed by atoms with Gasteiger partial charge in [0.1, 0.15) is 5.69 Å². The monoisotopic (exact) mass is 517 g/mol. The predicted molar refractivity (Wildman–Crippen MR) is 146 cm³/mol. The number of morpholine rings is 1. The number of sulfonamides is 1. The molecule has 5 rings (SSSR count). The third-order valence-electron chi connectivity index (χ3n) is 6.68. The van der Waals surface area contributed by atoms with Crippen LogP contribution in [0.4, 0.5) is 0 Å². The van der Waals surface area contributed by atoms with E-state index in [1.807, 2.05) is 66.7 Å². The van der Waals surface area contributed by atoms with Gasteiger partial charge in [0, 0.05) is 24.0 Å². The number of amides is 1. The molecule has 1 amide bonds. The minimum Gasteiger partial charge on any atom is -0.378 e. The normalized spacial score (nSPS) is 14.6. The molecule has 1 aliphatic heterocycles. The van der Waals surface area contributed by atoms with Crippen LogP contribution in [0.15, 0.2) is 83.8 Å². The van der Waals surface area contributed by atoms with Crippen molar-refractivity contribution in [3.8, 4) is 11.1 Å². The molecule has 1 aromatic heterocycles. The smallest absolute Gasteiger partial charge is 0.275 e. The van der Waals surface area contributed by atoms with Gasteiger partial charge >= 0.3 is 0 Å². The molecule has 8 heteroatoms. The highest BCUT2D eigenvalue weighted by atomic mass is 32.2. The van der Waals surface area contributed by atoms with Gasteiger partial charge in [-0.2, -0.15) is 8.42 Å². The van der Waals surface area contributed by atoms with Gasteiger partial charge in [-0.1, -0.05) is 81.4 Å². The highest BCUT2D eigenvalue weighted by molar-refractivity contribution is 7.92. The molecule has 0 aliphatic carbocycles. The molecule has 0 saturated carbocycles. The Morgan fingerprint density at radius 2 is 1.49 bits per heavy atom. The van der Waals surface area contributed by atoms with E-state index in [2.05, 4.69) is 25.6 Å². The number of nitrogens with zero attached hydrogens (tertiary/aromatic N) is 2. The van der Waals surface area contributed by atoms with Crippen LogP contribution >= 0.6 is 0 Å². The maximum atomic E-state index is 14.0. The molecule has 0 bridgehead atoms. The van der Waals surface area contributed by atoms with Gasteiger partial charge in [0.05, 0.1) is 23.6 Å². The number of benzene rings is 3. The summed E-state index contributed by atoms with van der Waals surface area (Å²) in [4.78, 5) is 18.5. The Labute approximate surface area is 217 Å². The zero-order valence-electron chi connectivity index (χ0n) is 21.3. The van der Waals surface area contributed by atoms with Gasteiger partial charge in [0.15, 0.2) is 0 Å². The van der Waals surface area contributed by atoms with Gasteiger partial charge in [-0.15, -0.1) is 0 Å². The number of hydrogen-bond donors (Lipinski definition) is 1. The molecule has 1 fully saturated rings. The van der Waals surface area contributed by atoms with E-state index in [-0.39, 0.29) is 21.9 Å². The molecular weight excluding hydrogens is 486 g/mol. The quantitative estimate of drug-likeness (QED) is 0.404. The van der Waals surface area contributed by atoms with E-state index in [0.717, 1.165) is 16.5 Å². The first kappa shape index (κ1) is 25.0. The van der Waals surface area contributed by atoms with Crippen LogP contribution in [0.1, 0.15) is 36.8 Å². The summed E-state index contributed by atoms with van der Waals surface area (Å²) in [5, 5.41) is 0.788. The first-order chi connectivity index (χ1) is 17.7. The van der Waals surface area contributed by atoms with Crippen molar-refractivity contribution in [2.75, 3.05) is 31.1 Å². The fourth-order valence-electron chi connectivity index (χ4n) is 4.66. The maximum Gasteiger partial charge on any atom is 0.275 e. The minimum atomic E-state index is -4.01. The van der Waals surface area contributed by atoms with Gasteiger partial charge in [0.25, 0.3) is 15.9 Å². The molecule has 3 aromatic carbocycles. The molecule has 0 unspecified atom stereocenters. The van der Waals surface area contributed by atoms with Crippen molar-refractivity contribution in [2.45, 2.75) is 31.1 Å². The second-order valence-corrected chi connectivity index (χ2v) is 11.9. The van der Waals surface area contributed by atoms with Crippen LogP contribution in [0.5, 0.6) is 0 Å². The zero-order chi connectivity index (χ0) is 26.2. The van der Waals surface area contributed by atoms with Gasteiger partial charge < -0.3 is 9.64 Å². The molecule has 7 nitrogen and oxygen atoms in total. The van der Waals surface area contributed by atoms with Crippen molar-refractivity contribution >= 4 is 26.8 Å². The standard InChI is InChI=1S/C29H31N3O4S/c1-29(2,3)22-13-15-23(16-14-22)37(34,35)30-32-25-12-8-7-11-24(25)26(21-9-5-4-6-10-21)27(32)28(33)31-17-19-36-20-18-31/h4-16,30H,17-20H2,1-3H3. The summed E-state index contributed by atoms with van der Waals surface area (Å²) in [6.45, 7) is 8.00. The van der Waals surface area contributed by atoms with Crippen molar-refractivity contribution in [1.29, 1.82) is 0 Å². The third kappa shape index (κ3) is 4.86. The zero-order valence-corrected chi connectivity index (χ0v) is 22.1. The lowest BCUT2D eigenvalue weighted by atomic mass is 9.87. The Hall–Kier alpha value is -3.62. The molecular formula is C29H31N3O4S. The lowest BCUT2D eigenvalue weighted by molar-refractivity contribution is 0.0298. The van der Waals surface area contributed by atoms with Gasteiger partial charge in [-0.3, -0.25) is 4.79 Å². The van der Waals surface area contributed by atoms with E-state index in [1.54, 1.807) is 17.0 Å². The van der Waals surface area contributed by atoms with E-state index >= 15 is 0 Å². The molecule has 4 aromatic rings. The van der Waals surface area contributed by atoms with E-state index < -0.39 is 10.0 Å². The Morgan fingerprint density at radius 1 is 0.865 bits per heavy atom. The van der Waals surface area contributed by atoms with Crippen molar-refractivity contribution in [3.05, 3.63) is 90.1 Å². The van der Waals surface area contributed by atoms with E-state index in [4.69, 9.17) is 4.74 Å². The van der Waals surface area contributed by atoms with Crippen LogP contribution in [-0.2, 0) is 20.2 Å². The number of carbonyl (C=O) groups excluding carboxylic acids is 1. The fourth-order valence-corrected chi connectivity index (χ4v) is 5.69. The number of rotatable bonds is 5. The Morgan fingerprint density at radius 3 is 2.14 bits per heavy atom. The van der Waals surface area contributed by atoms with Crippen molar-refractivity contribution in [3.63, 3.8) is 0 Å². The van der Waals surface area contributed by atoms with Crippen LogP contribution < -0.4 is 4.83 Å². The van der Waals surface area contributed by atoms with Gasteiger partial charge in [-0.05, 0) is 34.7 Å². The highest BCUT2D eigenvalue weighted by Gasteiger charge is 2.30. The Kier molecular flexibility index (Phi) is 6.56. The van der Waals surface area contributed by atoms with Crippen LogP contribution in [0.2, 0.25) is 0 Å². The number of carbonyl (C=O) groups is 1. The van der Waals surface area contributed by atoms with E-state index in [0.29, 0.717) is 37.4 Å². The summed E-state index contributed by atoms with van der Waals surface area (Å²) in [7, 11) is -4.01. The number of fused-ring (bicyclic) bond motifs is 1. The summed E-state index contributed by atoms with van der Waals surface area (Å²) in [6, 6.07) is 23.9. The molecule has 1 saturated heterocycles. The maximum absolute atomic E-state index is 14.0. The molecule has 1 N–H and O–H groups in total. The molecule has 0 spiro atoms. The van der Waals surface area contributed by atoms with E-state index in [1.165, 1.54) is 4.68 Å². The SMILES string of the molecule is CC(C)(C)c1ccc(S(=O)(=O)Nn2c(C(=O)N3CCOCC3)c(-c3ccccc3)c3ccccc32)cc1. The van der Waals surface area contributed by atoms with Crippen molar-refractivity contribution in [2.24, 2.45) is 0 Å². The van der Waals surface area contributed by atoms with Crippen molar-refractivity contribution < 1.29 is 17.9 Å². The average molecular weight is 518 g/mol. The first-order valence-electron chi connectivity index (χ1n) is 12.4. The molecule has 0 radical (unpaired) electrons. The Balaban J connectivity index is 1.68. The predicted octanol–water partition coefficient (Wildman–Crippen LogP) is 5.01. The van der Waals surface area contributed by atoms with Crippen molar-refractivity contribution in [1.82, 2.24) is 9.58 Å². The number of ether oxygens (including phenoxy) is 1. The summed E-state index contributed by atoms with van der Waals surface area (Å²) in [5.41, 5.74) is 3.35. The lowest BCUT2D eigenvalue weighted by Gasteiger charge is -2.28. The number of aromatic nitrogens is 1. The first-order valence-corrected chi connectivity index (χ1v) is 13.8.